The summed E-state index contributed by atoms with van der Waals surface area (Å²) in [6.45, 7) is 4.08. The second-order valence-electron chi connectivity index (χ2n) is 12.7. The molecule has 3 atom stereocenters. The minimum absolute atomic E-state index is 0.0299. The van der Waals surface area contributed by atoms with Gasteiger partial charge in [-0.3, -0.25) is 0 Å². The van der Waals surface area contributed by atoms with Crippen molar-refractivity contribution in [2.24, 2.45) is 0 Å². The number of rotatable bonds is 10. The molecule has 0 aromatic heterocycles. The van der Waals surface area contributed by atoms with Gasteiger partial charge in [-0.1, -0.05) is 122 Å². The van der Waals surface area contributed by atoms with Crippen LogP contribution in [0, 0.1) is 0 Å². The standard InChI is InChI=1S/C40H47N3O4/c44-29-31-15-17-33(18-16-31)38-25-36(28-43-23-9-2-1-3-10-24-43)46-39(47-38)34-21-19-32(20-22-34)37-14-8-7-13-35(37)27-42-40(45)41-26-30-11-5-4-6-12-30/h4-8,11-22,36,38-39,44H,1-3,9-10,23-29H2,(H2,41,42,45)/t36-,38+,39+/m1/s1. The monoisotopic (exact) mass is 633 g/mol. The second-order valence-corrected chi connectivity index (χ2v) is 12.7. The van der Waals surface area contributed by atoms with E-state index in [2.05, 4.69) is 64.1 Å². The molecule has 2 aliphatic heterocycles. The Bertz CT molecular complexity index is 1540. The number of aliphatic hydroxyl groups excluding tert-OH is 1. The van der Waals surface area contributed by atoms with E-state index in [1.165, 1.54) is 32.1 Å². The number of hydrogen-bond acceptors (Lipinski definition) is 5. The number of urea groups is 1. The number of carbonyl (C=O) groups is 1. The molecule has 2 aliphatic rings. The Kier molecular flexibility index (Phi) is 11.7. The lowest BCUT2D eigenvalue weighted by Gasteiger charge is -2.39. The normalized spacial score (nSPS) is 20.6. The predicted molar refractivity (Wildman–Crippen MR) is 185 cm³/mol. The highest BCUT2D eigenvalue weighted by molar-refractivity contribution is 5.75. The van der Waals surface area contributed by atoms with Gasteiger partial charge < -0.3 is 30.1 Å². The molecule has 6 rings (SSSR count). The largest absolute Gasteiger partial charge is 0.392 e. The molecule has 246 valence electrons. The molecule has 0 bridgehead atoms. The topological polar surface area (TPSA) is 83.1 Å². The zero-order valence-corrected chi connectivity index (χ0v) is 27.2. The lowest BCUT2D eigenvalue weighted by molar-refractivity contribution is -0.253. The summed E-state index contributed by atoms with van der Waals surface area (Å²) in [5, 5.41) is 15.5. The van der Waals surface area contributed by atoms with E-state index >= 15 is 0 Å². The van der Waals surface area contributed by atoms with Crippen LogP contribution in [0.3, 0.4) is 0 Å². The van der Waals surface area contributed by atoms with Gasteiger partial charge in [-0.25, -0.2) is 4.79 Å². The molecule has 2 amide bonds. The fourth-order valence-electron chi connectivity index (χ4n) is 6.61. The first-order chi connectivity index (χ1) is 23.1. The van der Waals surface area contributed by atoms with Crippen LogP contribution in [0.1, 0.15) is 78.7 Å². The highest BCUT2D eigenvalue weighted by Gasteiger charge is 2.33. The summed E-state index contributed by atoms with van der Waals surface area (Å²) in [6.07, 6.45) is 6.72. The molecule has 2 fully saturated rings. The SMILES string of the molecule is O=C(NCc1ccccc1)NCc1ccccc1-c1ccc([C@H]2O[C@@H](CN3CCCCCCC3)C[C@@H](c3ccc(CO)cc3)O2)cc1. The maximum absolute atomic E-state index is 12.5. The molecule has 7 nitrogen and oxygen atoms in total. The molecule has 47 heavy (non-hydrogen) atoms. The van der Waals surface area contributed by atoms with Gasteiger partial charge in [0.2, 0.25) is 0 Å². The fourth-order valence-corrected chi connectivity index (χ4v) is 6.61. The number of carbonyl (C=O) groups excluding carboxylic acids is 1. The highest BCUT2D eigenvalue weighted by atomic mass is 16.7. The number of nitrogens with zero attached hydrogens (tertiary/aromatic N) is 1. The van der Waals surface area contributed by atoms with Gasteiger partial charge >= 0.3 is 6.03 Å². The zero-order valence-electron chi connectivity index (χ0n) is 27.2. The Labute approximate surface area is 278 Å². The zero-order chi connectivity index (χ0) is 32.3. The number of hydrogen-bond donors (Lipinski definition) is 3. The summed E-state index contributed by atoms with van der Waals surface area (Å²) in [7, 11) is 0. The lowest BCUT2D eigenvalue weighted by Crippen LogP contribution is -2.40. The fraction of sp³-hybridized carbons (Fsp3) is 0.375. The van der Waals surface area contributed by atoms with E-state index in [0.29, 0.717) is 13.1 Å². The van der Waals surface area contributed by atoms with Gasteiger partial charge in [-0.15, -0.1) is 0 Å². The second kappa shape index (κ2) is 16.7. The molecule has 0 radical (unpaired) electrons. The van der Waals surface area contributed by atoms with Crippen LogP contribution in [0.5, 0.6) is 0 Å². The van der Waals surface area contributed by atoms with Gasteiger partial charge in [-0.2, -0.15) is 0 Å². The maximum atomic E-state index is 12.5. The van der Waals surface area contributed by atoms with Gasteiger partial charge in [0.1, 0.15) is 0 Å². The summed E-state index contributed by atoms with van der Waals surface area (Å²) in [5.41, 5.74) is 7.24. The summed E-state index contributed by atoms with van der Waals surface area (Å²) < 4.78 is 13.3. The van der Waals surface area contributed by atoms with E-state index in [4.69, 9.17) is 9.47 Å². The molecule has 2 heterocycles. The third kappa shape index (κ3) is 9.30. The Morgan fingerprint density at radius 1 is 0.702 bits per heavy atom. The maximum Gasteiger partial charge on any atom is 0.315 e. The van der Waals surface area contributed by atoms with Crippen molar-refractivity contribution >= 4 is 6.03 Å². The quantitative estimate of drug-likeness (QED) is 0.167. The van der Waals surface area contributed by atoms with Gasteiger partial charge in [0.05, 0.1) is 18.8 Å². The number of nitrogens with one attached hydrogen (secondary N) is 2. The van der Waals surface area contributed by atoms with Crippen molar-refractivity contribution in [1.82, 2.24) is 15.5 Å². The van der Waals surface area contributed by atoms with E-state index < -0.39 is 6.29 Å². The Balaban J connectivity index is 1.14. The average Bonchev–Trinajstić information content (AvgIpc) is 3.11. The van der Waals surface area contributed by atoms with Crippen LogP contribution in [0.15, 0.2) is 103 Å². The van der Waals surface area contributed by atoms with E-state index in [1.807, 2.05) is 54.6 Å². The molecule has 0 spiro atoms. The van der Waals surface area contributed by atoms with E-state index in [-0.39, 0.29) is 24.8 Å². The molecule has 4 aromatic carbocycles. The molecule has 2 saturated heterocycles. The van der Waals surface area contributed by atoms with Crippen LogP contribution in [0.4, 0.5) is 4.79 Å². The number of amides is 2. The Morgan fingerprint density at radius 3 is 2.11 bits per heavy atom. The van der Waals surface area contributed by atoms with Crippen molar-refractivity contribution in [3.8, 4) is 11.1 Å². The Hall–Kier alpha value is -4.01. The van der Waals surface area contributed by atoms with Gasteiger partial charge in [0.25, 0.3) is 0 Å². The van der Waals surface area contributed by atoms with E-state index in [1.54, 1.807) is 0 Å². The first-order valence-corrected chi connectivity index (χ1v) is 17.1. The molecule has 0 unspecified atom stereocenters. The minimum atomic E-state index is -0.481. The third-order valence-electron chi connectivity index (χ3n) is 9.27. The number of ether oxygens (including phenoxy) is 2. The molecule has 7 heteroatoms. The van der Waals surface area contributed by atoms with Crippen LogP contribution in [-0.2, 0) is 29.2 Å². The van der Waals surface area contributed by atoms with Crippen molar-refractivity contribution < 1.29 is 19.4 Å². The van der Waals surface area contributed by atoms with Crippen LogP contribution in [0.2, 0.25) is 0 Å². The van der Waals surface area contributed by atoms with Gasteiger partial charge in [0.15, 0.2) is 6.29 Å². The average molecular weight is 634 g/mol. The van der Waals surface area contributed by atoms with Crippen LogP contribution < -0.4 is 10.6 Å². The molecule has 0 saturated carbocycles. The predicted octanol–water partition coefficient (Wildman–Crippen LogP) is 7.66. The van der Waals surface area contributed by atoms with Crippen molar-refractivity contribution in [3.05, 3.63) is 131 Å². The molecule has 4 aromatic rings. The lowest BCUT2D eigenvalue weighted by atomic mass is 9.97. The molecular weight excluding hydrogens is 586 g/mol. The van der Waals surface area contributed by atoms with Gasteiger partial charge in [0, 0.05) is 31.6 Å². The summed E-state index contributed by atoms with van der Waals surface area (Å²) >= 11 is 0. The number of aliphatic hydroxyl groups is 1. The van der Waals surface area contributed by atoms with Crippen LogP contribution in [-0.4, -0.2) is 41.8 Å². The summed E-state index contributed by atoms with van der Waals surface area (Å²) in [4.78, 5) is 15.1. The summed E-state index contributed by atoms with van der Waals surface area (Å²) in [5.74, 6) is 0. The Morgan fingerprint density at radius 2 is 1.36 bits per heavy atom. The van der Waals surface area contributed by atoms with Crippen LogP contribution >= 0.6 is 0 Å². The van der Waals surface area contributed by atoms with Crippen molar-refractivity contribution in [2.75, 3.05) is 19.6 Å². The van der Waals surface area contributed by atoms with E-state index in [9.17, 15) is 9.90 Å². The molecule has 3 N–H and O–H groups in total. The third-order valence-corrected chi connectivity index (χ3v) is 9.27. The van der Waals surface area contributed by atoms with Crippen molar-refractivity contribution in [2.45, 2.75) is 76.7 Å². The first kappa shape index (κ1) is 32.9. The number of likely N-dealkylation sites (tertiary alicyclic amines) is 1. The van der Waals surface area contributed by atoms with Crippen molar-refractivity contribution in [3.63, 3.8) is 0 Å². The van der Waals surface area contributed by atoms with Crippen molar-refractivity contribution in [1.29, 1.82) is 0 Å². The molecule has 0 aliphatic carbocycles. The molecular formula is C40H47N3O4. The highest BCUT2D eigenvalue weighted by Crippen LogP contribution is 2.39. The minimum Gasteiger partial charge on any atom is -0.392 e. The number of benzene rings is 4. The van der Waals surface area contributed by atoms with Gasteiger partial charge in [-0.05, 0) is 59.3 Å². The summed E-state index contributed by atoms with van der Waals surface area (Å²) in [6, 6.07) is 34.4. The first-order valence-electron chi connectivity index (χ1n) is 17.1. The van der Waals surface area contributed by atoms with Crippen LogP contribution in [0.25, 0.3) is 11.1 Å². The smallest absolute Gasteiger partial charge is 0.315 e. The van der Waals surface area contributed by atoms with E-state index in [0.717, 1.165) is 65.0 Å².